The minimum Gasteiger partial charge on any atom is -0.497 e. The van der Waals surface area contributed by atoms with Gasteiger partial charge in [-0.3, -0.25) is 94.9 Å². The van der Waals surface area contributed by atoms with Crippen LogP contribution in [0.15, 0.2) is 82.0 Å². The van der Waals surface area contributed by atoms with Crippen LogP contribution in [-0.4, -0.2) is 216 Å². The standard InChI is InChI=1S/C72H103N23O21/c1-39(2)32-52(91-68(108)54-20-13-30-93(54)69(109)51(19-12-29-82-72(78)79)87-57(96)33-41-34-60(100)116-56-36-44(114-4)22-23-45(41)56)63(103)84-38-58(97)86-48(16-8-9-31-115-43-14-6-5-7-15-43)64(104)92-53(37-83-46-24-21-42(94(110)111)35-55(46)95(112)113)67(107)85-40(3)62(102)89-49(18-11-28-81-71(76)77)65(105)90-50(25-26-59(98)99)66(106)88-47(61(73)101)17-10-27-80-70(74)75/h5-7,14-15,21-24,34-36,39-40,47-54,83H,8-13,16-20,25-33,37-38H2,1-4H3,(H2,73,101)(H,84,103)(H,85,107)(H,86,97)(H,87,96)(H,88,106)(H,89,102)(H,90,105)(H,91,108)(H,92,104)(H,98,99)(H4,74,75,80)(H4,76,77,81)(H4,78,79,82)/p+1. The maximum Gasteiger partial charge on any atom is 0.336 e. The first-order valence-electron chi connectivity index (χ1n) is 37.3. The minimum atomic E-state index is -1.89. The van der Waals surface area contributed by atoms with Gasteiger partial charge < -0.3 is 110 Å². The van der Waals surface area contributed by atoms with Gasteiger partial charge in [-0.15, -0.1) is 0 Å². The molecule has 44 nitrogen and oxygen atoms in total. The van der Waals surface area contributed by atoms with Crippen LogP contribution in [0.4, 0.5) is 17.1 Å². The van der Waals surface area contributed by atoms with Crippen LogP contribution in [0.1, 0.15) is 116 Å². The van der Waals surface area contributed by atoms with Crippen molar-refractivity contribution in [2.24, 2.45) is 23.1 Å². The summed E-state index contributed by atoms with van der Waals surface area (Å²) in [5, 5.41) is 89.6. The summed E-state index contributed by atoms with van der Waals surface area (Å²) in [4.78, 5) is 203. The molecule has 3 aromatic carbocycles. The van der Waals surface area contributed by atoms with Gasteiger partial charge in [-0.25, -0.2) is 9.59 Å². The van der Waals surface area contributed by atoms with Gasteiger partial charge in [0.05, 0.1) is 42.6 Å². The number of carboxylic acid groups (broad SMARTS) is 1. The number of amides is 11. The highest BCUT2D eigenvalue weighted by Crippen LogP contribution is 2.30. The Labute approximate surface area is 664 Å². The van der Waals surface area contributed by atoms with Crippen LogP contribution in [0.3, 0.4) is 0 Å². The third-order valence-electron chi connectivity index (χ3n) is 18.0. The van der Waals surface area contributed by atoms with E-state index in [1.165, 1.54) is 18.1 Å². The van der Waals surface area contributed by atoms with Crippen LogP contribution >= 0.6 is 0 Å². The number of carbonyl (C=O) groups excluding carboxylic acids is 11. The zero-order valence-electron chi connectivity index (χ0n) is 64.7. The van der Waals surface area contributed by atoms with Crippen LogP contribution in [0, 0.1) is 42.4 Å². The molecule has 0 saturated carbocycles. The van der Waals surface area contributed by atoms with Crippen molar-refractivity contribution in [2.45, 2.75) is 171 Å². The average molecular weight is 1630 g/mol. The summed E-state index contributed by atoms with van der Waals surface area (Å²) in [6.45, 7) is 3.41. The quantitative estimate of drug-likeness (QED) is 0.00523. The lowest BCUT2D eigenvalue weighted by molar-refractivity contribution is -0.393. The van der Waals surface area contributed by atoms with Crippen LogP contribution in [0.25, 0.3) is 11.0 Å². The monoisotopic (exact) mass is 1630 g/mol. The number of carboxylic acids is 1. The number of methoxy groups -OCH3 is 1. The maximum atomic E-state index is 14.8. The van der Waals surface area contributed by atoms with Crippen molar-refractivity contribution in [3.05, 3.63) is 109 Å². The Morgan fingerprint density at radius 3 is 1.76 bits per heavy atom. The summed E-state index contributed by atoms with van der Waals surface area (Å²) in [6.07, 6.45) is -0.816. The Morgan fingerprint density at radius 1 is 0.612 bits per heavy atom. The number of quaternary nitrogens is 1. The Morgan fingerprint density at radius 2 is 1.17 bits per heavy atom. The molecule has 0 spiro atoms. The van der Waals surface area contributed by atoms with Crippen molar-refractivity contribution in [1.29, 1.82) is 16.2 Å². The molecule has 9 atom stereocenters. The number of hydrogen-bond donors (Lipinski definition) is 21. The number of unbranched alkanes of at least 4 members (excludes halogenated alkanes) is 1. The normalized spacial score (nSPS) is 14.3. The number of nitro benzene ring substituents is 2. The number of nitro groups is 2. The lowest BCUT2D eigenvalue weighted by Crippen LogP contribution is -2.67. The summed E-state index contributed by atoms with van der Waals surface area (Å²) < 4.78 is 16.4. The van der Waals surface area contributed by atoms with Crippen molar-refractivity contribution < 1.29 is 92.1 Å². The fourth-order valence-corrected chi connectivity index (χ4v) is 12.2. The number of likely N-dealkylation sites (tertiary alicyclic amines) is 1. The van der Waals surface area contributed by atoms with E-state index in [-0.39, 0.29) is 139 Å². The van der Waals surface area contributed by atoms with E-state index in [0.717, 1.165) is 25.1 Å². The van der Waals surface area contributed by atoms with Crippen LogP contribution < -0.4 is 107 Å². The molecule has 2 heterocycles. The van der Waals surface area contributed by atoms with E-state index >= 15 is 0 Å². The molecular formula is C72H104N23O21+. The third kappa shape index (κ3) is 32.0. The van der Waals surface area contributed by atoms with Gasteiger partial charge in [0.15, 0.2) is 17.9 Å². The van der Waals surface area contributed by atoms with Crippen LogP contribution in [-0.2, 0) is 64.0 Å². The molecule has 116 heavy (non-hydrogen) atoms. The number of aliphatic carboxylic acids is 1. The molecule has 1 saturated heterocycles. The number of benzene rings is 3. The fraction of sp³-hybridized carbons (Fsp3) is 0.500. The molecule has 9 unspecified atom stereocenters. The Kier molecular flexibility index (Phi) is 38.0. The van der Waals surface area contributed by atoms with E-state index in [1.54, 1.807) is 56.3 Å². The van der Waals surface area contributed by atoms with Gasteiger partial charge in [0.25, 0.3) is 11.4 Å². The zero-order chi connectivity index (χ0) is 85.7. The summed E-state index contributed by atoms with van der Waals surface area (Å²) >= 11 is 0. The topological polar surface area (TPSA) is 697 Å². The number of rotatable bonds is 50. The molecule has 4 aromatic rings. The van der Waals surface area contributed by atoms with Crippen molar-refractivity contribution >= 4 is 117 Å². The number of ether oxygens (including phenoxy) is 2. The number of nitrogens with zero attached hydrogens (tertiary/aromatic N) is 3. The molecule has 1 aromatic heterocycles. The number of hydrogen-bond acceptors (Lipinski definition) is 24. The van der Waals surface area contributed by atoms with Gasteiger partial charge in [-0.2, -0.15) is 0 Å². The lowest BCUT2D eigenvalue weighted by Gasteiger charge is -2.30. The number of fused-ring (bicyclic) bond motifs is 1. The third-order valence-corrected chi connectivity index (χ3v) is 18.0. The second-order valence-corrected chi connectivity index (χ2v) is 27.5. The highest BCUT2D eigenvalue weighted by Gasteiger charge is 2.40. The predicted molar refractivity (Wildman–Crippen MR) is 417 cm³/mol. The molecule has 44 heteroatoms. The lowest BCUT2D eigenvalue weighted by atomic mass is 10.0. The molecule has 26 N–H and O–H groups in total. The molecule has 1 fully saturated rings. The average Bonchev–Trinajstić information content (AvgIpc) is 1.06. The number of anilines is 1. The first-order chi connectivity index (χ1) is 55.0. The van der Waals surface area contributed by atoms with Crippen molar-refractivity contribution in [2.75, 3.05) is 58.3 Å². The molecule has 0 bridgehead atoms. The van der Waals surface area contributed by atoms with Crippen molar-refractivity contribution in [1.82, 2.24) is 68.7 Å². The summed E-state index contributed by atoms with van der Waals surface area (Å²) in [7, 11) is 1.43. The smallest absolute Gasteiger partial charge is 0.336 e. The summed E-state index contributed by atoms with van der Waals surface area (Å²) in [6, 6.07) is 3.61. The van der Waals surface area contributed by atoms with Gasteiger partial charge in [-0.05, 0) is 132 Å². The summed E-state index contributed by atoms with van der Waals surface area (Å²) in [5.41, 5.74) is 17.4. The van der Waals surface area contributed by atoms with E-state index in [2.05, 4.69) is 74.9 Å². The molecule has 1 aliphatic rings. The molecule has 5 rings (SSSR count). The van der Waals surface area contributed by atoms with Gasteiger partial charge in [0, 0.05) is 62.7 Å². The molecule has 1 aliphatic heterocycles. The Bertz CT molecular complexity index is 4240. The number of carbonyl (C=O) groups is 12. The van der Waals surface area contributed by atoms with E-state index in [9.17, 15) is 87.7 Å². The second kappa shape index (κ2) is 47.3. The highest BCUT2D eigenvalue weighted by atomic mass is 16.6. The van der Waals surface area contributed by atoms with Crippen molar-refractivity contribution in [3.8, 4) is 11.5 Å². The van der Waals surface area contributed by atoms with Gasteiger partial charge in [0.2, 0.25) is 59.1 Å². The number of nitrogens with one attached hydrogen (secondary N) is 16. The van der Waals surface area contributed by atoms with Crippen LogP contribution in [0.2, 0.25) is 0 Å². The SMILES string of the molecule is COc1ccc2c(CC(=O)NC(CCCNC(=N)N)C(=O)N3CCCC3C(=O)NC(CC(C)C)C(=O)NCC(=O)NC(CCCCOc3ccccc3)C(=O)NC(CNc3ccc([N+](=O)[O-])cc3[N+](=O)[O-])C(=O)NC(C)C(=O)NC(CCCNC(=N)N)C(=O)NC(CCC(=O)O)C(=O)NC(CCCNC(=N)N)C([NH3+])=O)cc(=O)oc2c1. The first-order valence-corrected chi connectivity index (χ1v) is 37.3. The largest absolute Gasteiger partial charge is 0.497 e. The molecule has 0 aliphatic carbocycles. The second-order valence-electron chi connectivity index (χ2n) is 27.5. The molecule has 632 valence electrons. The number of guanidine groups is 3. The van der Waals surface area contributed by atoms with Gasteiger partial charge in [0.1, 0.15) is 77.1 Å². The Balaban J connectivity index is 1.39. The highest BCUT2D eigenvalue weighted by molar-refractivity contribution is 5.99. The maximum absolute atomic E-state index is 14.8. The number of para-hydroxylation sites is 1. The summed E-state index contributed by atoms with van der Waals surface area (Å²) in [5.74, 6) is -12.0. The van der Waals surface area contributed by atoms with E-state index < -0.39 is 190 Å². The van der Waals surface area contributed by atoms with Gasteiger partial charge >= 0.3 is 17.5 Å². The number of nitrogens with two attached hydrogens (primary N) is 3. The number of non-ortho nitro benzene ring substituents is 1. The molecular weight excluding hydrogens is 1520 g/mol. The zero-order valence-corrected chi connectivity index (χ0v) is 64.7. The molecule has 0 radical (unpaired) electrons. The first kappa shape index (κ1) is 93.3. The fourth-order valence-electron chi connectivity index (χ4n) is 12.2. The van der Waals surface area contributed by atoms with E-state index in [4.69, 9.17) is 47.3 Å². The van der Waals surface area contributed by atoms with E-state index in [0.29, 0.717) is 29.4 Å². The Hall–Kier alpha value is -13.3. The van der Waals surface area contributed by atoms with Crippen molar-refractivity contribution in [3.63, 3.8) is 0 Å². The van der Waals surface area contributed by atoms with Crippen LogP contribution in [0.5, 0.6) is 11.5 Å². The van der Waals surface area contributed by atoms with Gasteiger partial charge in [-0.1, -0.05) is 32.0 Å². The molecule has 11 amide bonds. The van der Waals surface area contributed by atoms with E-state index in [1.807, 2.05) is 0 Å². The predicted octanol–water partition coefficient (Wildman–Crippen LogP) is -3.00. The minimum absolute atomic E-state index is 0.00163.